The molecule has 0 amide bonds. The molecule has 0 aliphatic rings. The number of nitrogens with one attached hydrogen (secondary N) is 2. The lowest BCUT2D eigenvalue weighted by Gasteiger charge is -2.06. The van der Waals surface area contributed by atoms with Crippen LogP contribution in [-0.2, 0) is 0 Å². The van der Waals surface area contributed by atoms with E-state index in [2.05, 4.69) is 10.3 Å². The smallest absolute Gasteiger partial charge is 0.180 e. The normalized spacial score (nSPS) is 11.0. The van der Waals surface area contributed by atoms with Crippen LogP contribution in [0.15, 0.2) is 12.1 Å². The van der Waals surface area contributed by atoms with Gasteiger partial charge in [-0.05, 0) is 38.6 Å². The van der Waals surface area contributed by atoms with Crippen LogP contribution >= 0.6 is 0 Å². The lowest BCUT2D eigenvalue weighted by molar-refractivity contribution is 0.0992. The van der Waals surface area contributed by atoms with Gasteiger partial charge in [0.1, 0.15) is 5.75 Å². The minimum Gasteiger partial charge on any atom is -0.507 e. The van der Waals surface area contributed by atoms with Gasteiger partial charge in [0.25, 0.3) is 0 Å². The number of ketones is 1. The first kappa shape index (κ1) is 11.7. The van der Waals surface area contributed by atoms with E-state index >= 15 is 0 Å². The number of aromatic hydroxyl groups is 1. The third-order valence-corrected chi connectivity index (χ3v) is 3.06. The summed E-state index contributed by atoms with van der Waals surface area (Å²) in [6.45, 7) is 4.12. The number of H-pyrrole nitrogens is 1. The summed E-state index contributed by atoms with van der Waals surface area (Å²) in [6.07, 6.45) is 0. The van der Waals surface area contributed by atoms with Gasteiger partial charge < -0.3 is 15.4 Å². The number of benzene rings is 1. The average Bonchev–Trinajstić information content (AvgIpc) is 2.56. The van der Waals surface area contributed by atoms with Crippen molar-refractivity contribution in [2.75, 3.05) is 13.6 Å². The second-order valence-electron chi connectivity index (χ2n) is 4.21. The molecule has 3 N–H and O–H groups in total. The van der Waals surface area contributed by atoms with Crippen LogP contribution < -0.4 is 5.32 Å². The van der Waals surface area contributed by atoms with E-state index in [4.69, 9.17) is 0 Å². The summed E-state index contributed by atoms with van der Waals surface area (Å²) in [5, 5.41) is 13.5. The molecular weight excluding hydrogens is 216 g/mol. The number of hydrogen-bond acceptors (Lipinski definition) is 3. The molecule has 0 bridgehead atoms. The number of carbonyl (C=O) groups excluding carboxylic acids is 1. The summed E-state index contributed by atoms with van der Waals surface area (Å²) in [4.78, 5) is 15.2. The fourth-order valence-corrected chi connectivity index (χ4v) is 2.10. The Morgan fingerprint density at radius 2 is 2.12 bits per heavy atom. The molecular formula is C13H16N2O2. The Bertz CT molecular complexity index is 585. The molecule has 2 rings (SSSR count). The van der Waals surface area contributed by atoms with Crippen LogP contribution in [0, 0.1) is 13.8 Å². The van der Waals surface area contributed by atoms with Crippen molar-refractivity contribution in [2.45, 2.75) is 13.8 Å². The molecule has 1 aromatic carbocycles. The standard InChI is InChI=1S/C13H16N2O2/c1-7-8(2)15-9-4-5-10(16)13(12(7)9)11(17)6-14-3/h4-5,14-16H,6H2,1-3H3. The van der Waals surface area contributed by atoms with Crippen LogP contribution in [-0.4, -0.2) is 29.5 Å². The van der Waals surface area contributed by atoms with Gasteiger partial charge in [-0.2, -0.15) is 0 Å². The Labute approximate surface area is 99.7 Å². The van der Waals surface area contributed by atoms with Crippen LogP contribution in [0.2, 0.25) is 0 Å². The summed E-state index contributed by atoms with van der Waals surface area (Å²) < 4.78 is 0. The summed E-state index contributed by atoms with van der Waals surface area (Å²) in [6, 6.07) is 3.35. The second kappa shape index (κ2) is 4.22. The molecule has 17 heavy (non-hydrogen) atoms. The largest absolute Gasteiger partial charge is 0.507 e. The van der Waals surface area contributed by atoms with Crippen LogP contribution in [0.1, 0.15) is 21.6 Å². The van der Waals surface area contributed by atoms with Gasteiger partial charge in [-0.1, -0.05) is 0 Å². The van der Waals surface area contributed by atoms with Gasteiger partial charge in [-0.15, -0.1) is 0 Å². The molecule has 0 aliphatic carbocycles. The molecule has 0 spiro atoms. The Kier molecular flexibility index (Phi) is 2.90. The van der Waals surface area contributed by atoms with Crippen LogP contribution in [0.5, 0.6) is 5.75 Å². The highest BCUT2D eigenvalue weighted by Crippen LogP contribution is 2.31. The van der Waals surface area contributed by atoms with Gasteiger partial charge in [-0.3, -0.25) is 4.79 Å². The molecule has 1 heterocycles. The molecule has 4 heteroatoms. The highest BCUT2D eigenvalue weighted by atomic mass is 16.3. The summed E-state index contributed by atoms with van der Waals surface area (Å²) >= 11 is 0. The number of hydrogen-bond donors (Lipinski definition) is 3. The molecule has 2 aromatic rings. The van der Waals surface area contributed by atoms with E-state index < -0.39 is 0 Å². The number of aryl methyl sites for hydroxylation is 2. The van der Waals surface area contributed by atoms with E-state index in [1.165, 1.54) is 0 Å². The van der Waals surface area contributed by atoms with Crippen molar-refractivity contribution in [2.24, 2.45) is 0 Å². The third kappa shape index (κ3) is 1.80. The van der Waals surface area contributed by atoms with Crippen molar-refractivity contribution in [1.29, 1.82) is 0 Å². The molecule has 0 fully saturated rings. The van der Waals surface area contributed by atoms with Gasteiger partial charge in [0.15, 0.2) is 5.78 Å². The van der Waals surface area contributed by atoms with E-state index in [0.29, 0.717) is 5.56 Å². The zero-order chi connectivity index (χ0) is 12.6. The lowest BCUT2D eigenvalue weighted by atomic mass is 10.0. The molecule has 1 aromatic heterocycles. The van der Waals surface area contributed by atoms with Crippen LogP contribution in [0.4, 0.5) is 0 Å². The first-order chi connectivity index (χ1) is 8.06. The topological polar surface area (TPSA) is 65.1 Å². The minimum absolute atomic E-state index is 0.0415. The summed E-state index contributed by atoms with van der Waals surface area (Å²) in [5.74, 6) is -0.0578. The number of phenols is 1. The second-order valence-corrected chi connectivity index (χ2v) is 4.21. The SMILES string of the molecule is CNCC(=O)c1c(O)ccc2[nH]c(C)c(C)c12. The zero-order valence-electron chi connectivity index (χ0n) is 10.2. The predicted molar refractivity (Wildman–Crippen MR) is 67.7 cm³/mol. The van der Waals surface area contributed by atoms with Gasteiger partial charge in [0.05, 0.1) is 12.1 Å². The molecule has 0 saturated carbocycles. The minimum atomic E-state index is -0.0994. The van der Waals surface area contributed by atoms with E-state index in [9.17, 15) is 9.90 Å². The maximum Gasteiger partial charge on any atom is 0.180 e. The fourth-order valence-electron chi connectivity index (χ4n) is 2.10. The monoisotopic (exact) mass is 232 g/mol. The van der Waals surface area contributed by atoms with Crippen molar-refractivity contribution in [1.82, 2.24) is 10.3 Å². The molecule has 0 saturated heterocycles. The van der Waals surface area contributed by atoms with E-state index in [0.717, 1.165) is 22.2 Å². The van der Waals surface area contributed by atoms with Crippen LogP contribution in [0.25, 0.3) is 10.9 Å². The fraction of sp³-hybridized carbons (Fsp3) is 0.308. The van der Waals surface area contributed by atoms with Crippen LogP contribution in [0.3, 0.4) is 0 Å². The Hall–Kier alpha value is -1.81. The highest BCUT2D eigenvalue weighted by Gasteiger charge is 2.18. The van der Waals surface area contributed by atoms with Crippen molar-refractivity contribution in [3.8, 4) is 5.75 Å². The molecule has 0 unspecified atom stereocenters. The Morgan fingerprint density at radius 1 is 1.41 bits per heavy atom. The number of phenolic OH excluding ortho intramolecular Hbond substituents is 1. The highest BCUT2D eigenvalue weighted by molar-refractivity contribution is 6.12. The lowest BCUT2D eigenvalue weighted by Crippen LogP contribution is -2.18. The molecule has 4 nitrogen and oxygen atoms in total. The Morgan fingerprint density at radius 3 is 2.76 bits per heavy atom. The molecule has 0 atom stereocenters. The van der Waals surface area contributed by atoms with E-state index in [1.54, 1.807) is 19.2 Å². The van der Waals surface area contributed by atoms with Gasteiger partial charge in [0.2, 0.25) is 0 Å². The first-order valence-corrected chi connectivity index (χ1v) is 5.55. The number of aromatic amines is 1. The third-order valence-electron chi connectivity index (χ3n) is 3.06. The zero-order valence-corrected chi connectivity index (χ0v) is 10.2. The number of fused-ring (bicyclic) bond motifs is 1. The molecule has 90 valence electrons. The predicted octanol–water partition coefficient (Wildman–Crippen LogP) is 1.89. The van der Waals surface area contributed by atoms with Crippen molar-refractivity contribution < 1.29 is 9.90 Å². The maximum atomic E-state index is 12.0. The van der Waals surface area contributed by atoms with Crippen molar-refractivity contribution in [3.05, 3.63) is 29.0 Å². The van der Waals surface area contributed by atoms with Gasteiger partial charge in [0, 0.05) is 16.6 Å². The summed E-state index contributed by atoms with van der Waals surface area (Å²) in [7, 11) is 1.71. The van der Waals surface area contributed by atoms with E-state index in [1.807, 2.05) is 13.8 Å². The molecule has 0 aliphatic heterocycles. The van der Waals surface area contributed by atoms with E-state index in [-0.39, 0.29) is 18.1 Å². The van der Waals surface area contributed by atoms with Crippen molar-refractivity contribution in [3.63, 3.8) is 0 Å². The summed E-state index contributed by atoms with van der Waals surface area (Å²) in [5.41, 5.74) is 3.32. The number of aromatic nitrogens is 1. The number of carbonyl (C=O) groups is 1. The quantitative estimate of drug-likeness (QED) is 0.708. The number of likely N-dealkylation sites (N-methyl/N-ethyl adjacent to an activating group) is 1. The molecule has 0 radical (unpaired) electrons. The Balaban J connectivity index is 2.75. The number of Topliss-reactive ketones (excluding diaryl/α,β-unsaturated/α-hetero) is 1. The first-order valence-electron chi connectivity index (χ1n) is 5.55. The van der Waals surface area contributed by atoms with Gasteiger partial charge >= 0.3 is 0 Å². The van der Waals surface area contributed by atoms with Crippen molar-refractivity contribution >= 4 is 16.7 Å². The maximum absolute atomic E-state index is 12.0. The van der Waals surface area contributed by atoms with Gasteiger partial charge in [-0.25, -0.2) is 0 Å². The number of rotatable bonds is 3. The average molecular weight is 232 g/mol.